The smallest absolute Gasteiger partial charge is 0.407 e. The lowest BCUT2D eigenvalue weighted by Crippen LogP contribution is -2.36. The molecule has 0 spiro atoms. The van der Waals surface area contributed by atoms with Gasteiger partial charge in [0.2, 0.25) is 5.91 Å². The lowest BCUT2D eigenvalue weighted by molar-refractivity contribution is -0.137. The third kappa shape index (κ3) is 5.76. The van der Waals surface area contributed by atoms with Crippen LogP contribution in [0.5, 0.6) is 0 Å². The van der Waals surface area contributed by atoms with Crippen molar-refractivity contribution in [2.75, 3.05) is 13.2 Å². The standard InChI is InChI=1S/C27H32N2O5/c30-25(31)12-2-1-7-15-28-26(32)18-13-14-19(16-18)29-27(33)34-17-24-22-10-5-3-8-20(22)21-9-4-6-11-23(21)24/h3-6,8-11,18-19,24H,1-2,7,12-17H2,(H,28,32)(H,29,33)(H,30,31). The summed E-state index contributed by atoms with van der Waals surface area (Å²) in [6.45, 7) is 0.831. The topological polar surface area (TPSA) is 105 Å². The Bertz CT molecular complexity index is 992. The summed E-state index contributed by atoms with van der Waals surface area (Å²) < 4.78 is 5.62. The summed E-state index contributed by atoms with van der Waals surface area (Å²) in [5.74, 6) is -0.867. The lowest BCUT2D eigenvalue weighted by atomic mass is 9.98. The van der Waals surface area contributed by atoms with Gasteiger partial charge in [0.1, 0.15) is 6.61 Å². The van der Waals surface area contributed by atoms with Crippen molar-refractivity contribution in [2.45, 2.75) is 56.9 Å². The fraction of sp³-hybridized carbons (Fsp3) is 0.444. The summed E-state index contributed by atoms with van der Waals surface area (Å²) in [6.07, 6.45) is 4.00. The van der Waals surface area contributed by atoms with Crippen molar-refractivity contribution >= 4 is 18.0 Å². The van der Waals surface area contributed by atoms with Crippen molar-refractivity contribution in [3.8, 4) is 11.1 Å². The molecule has 7 heteroatoms. The van der Waals surface area contributed by atoms with Crippen LogP contribution in [0.15, 0.2) is 48.5 Å². The molecule has 4 rings (SSSR count). The van der Waals surface area contributed by atoms with Crippen LogP contribution in [0, 0.1) is 5.92 Å². The van der Waals surface area contributed by atoms with E-state index in [0.29, 0.717) is 19.4 Å². The van der Waals surface area contributed by atoms with Crippen molar-refractivity contribution in [1.29, 1.82) is 0 Å². The summed E-state index contributed by atoms with van der Waals surface area (Å²) in [5.41, 5.74) is 4.74. The first-order chi connectivity index (χ1) is 16.5. The van der Waals surface area contributed by atoms with Crippen molar-refractivity contribution in [3.63, 3.8) is 0 Å². The molecule has 34 heavy (non-hydrogen) atoms. The van der Waals surface area contributed by atoms with Gasteiger partial charge >= 0.3 is 12.1 Å². The summed E-state index contributed by atoms with van der Waals surface area (Å²) in [5, 5.41) is 14.5. The number of carbonyl (C=O) groups is 3. The Morgan fingerprint density at radius 2 is 1.59 bits per heavy atom. The van der Waals surface area contributed by atoms with Crippen LogP contribution in [0.2, 0.25) is 0 Å². The van der Waals surface area contributed by atoms with Gasteiger partial charge in [-0.2, -0.15) is 0 Å². The highest BCUT2D eigenvalue weighted by atomic mass is 16.5. The van der Waals surface area contributed by atoms with Gasteiger partial charge in [0.05, 0.1) is 0 Å². The summed E-state index contributed by atoms with van der Waals surface area (Å²) in [4.78, 5) is 35.4. The number of carboxylic acids is 1. The number of aliphatic carboxylic acids is 1. The van der Waals surface area contributed by atoms with E-state index in [0.717, 1.165) is 25.7 Å². The van der Waals surface area contributed by atoms with Crippen molar-refractivity contribution in [3.05, 3.63) is 59.7 Å². The Kier molecular flexibility index (Phi) is 7.83. The zero-order valence-corrected chi connectivity index (χ0v) is 19.3. The molecule has 2 atom stereocenters. The molecular weight excluding hydrogens is 432 g/mol. The zero-order chi connectivity index (χ0) is 23.9. The van der Waals surface area contributed by atoms with E-state index in [9.17, 15) is 14.4 Å². The number of carboxylic acid groups (broad SMARTS) is 1. The molecule has 0 radical (unpaired) electrons. The Labute approximate surface area is 199 Å². The Morgan fingerprint density at radius 1 is 0.912 bits per heavy atom. The second-order valence-corrected chi connectivity index (χ2v) is 9.17. The molecule has 0 saturated heterocycles. The molecule has 180 valence electrons. The molecule has 1 saturated carbocycles. The van der Waals surface area contributed by atoms with E-state index in [-0.39, 0.29) is 36.8 Å². The highest BCUT2D eigenvalue weighted by Gasteiger charge is 2.32. The molecular formula is C27H32N2O5. The van der Waals surface area contributed by atoms with Crippen molar-refractivity contribution < 1.29 is 24.2 Å². The van der Waals surface area contributed by atoms with Gasteiger partial charge in [-0.25, -0.2) is 4.79 Å². The monoisotopic (exact) mass is 464 g/mol. The van der Waals surface area contributed by atoms with Gasteiger partial charge in [-0.15, -0.1) is 0 Å². The highest BCUT2D eigenvalue weighted by Crippen LogP contribution is 2.44. The summed E-state index contributed by atoms with van der Waals surface area (Å²) >= 11 is 0. The van der Waals surface area contributed by atoms with Gasteiger partial charge in [-0.1, -0.05) is 55.0 Å². The maximum absolute atomic E-state index is 12.5. The number of amides is 2. The fourth-order valence-corrected chi connectivity index (χ4v) is 5.09. The predicted molar refractivity (Wildman–Crippen MR) is 128 cm³/mol. The molecule has 1 fully saturated rings. The number of hydrogen-bond acceptors (Lipinski definition) is 4. The first-order valence-electron chi connectivity index (χ1n) is 12.1. The maximum Gasteiger partial charge on any atom is 0.407 e. The third-order valence-electron chi connectivity index (χ3n) is 6.84. The average molecular weight is 465 g/mol. The van der Waals surface area contributed by atoms with E-state index >= 15 is 0 Å². The minimum Gasteiger partial charge on any atom is -0.481 e. The van der Waals surface area contributed by atoms with Crippen LogP contribution in [0.25, 0.3) is 11.1 Å². The van der Waals surface area contributed by atoms with Crippen LogP contribution in [-0.4, -0.2) is 42.3 Å². The van der Waals surface area contributed by atoms with Crippen LogP contribution in [0.4, 0.5) is 4.79 Å². The highest BCUT2D eigenvalue weighted by molar-refractivity contribution is 5.80. The molecule has 2 aliphatic rings. The van der Waals surface area contributed by atoms with Gasteiger partial charge in [-0.3, -0.25) is 9.59 Å². The number of benzene rings is 2. The van der Waals surface area contributed by atoms with E-state index in [2.05, 4.69) is 34.9 Å². The molecule has 0 aromatic heterocycles. The number of alkyl carbamates (subject to hydrolysis) is 1. The first kappa shape index (κ1) is 23.8. The number of fused-ring (bicyclic) bond motifs is 3. The van der Waals surface area contributed by atoms with Crippen molar-refractivity contribution in [1.82, 2.24) is 10.6 Å². The van der Waals surface area contributed by atoms with Crippen LogP contribution in [0.3, 0.4) is 0 Å². The fourth-order valence-electron chi connectivity index (χ4n) is 5.09. The lowest BCUT2D eigenvalue weighted by Gasteiger charge is -2.17. The second-order valence-electron chi connectivity index (χ2n) is 9.17. The quantitative estimate of drug-likeness (QED) is 0.451. The van der Waals surface area contributed by atoms with E-state index in [1.54, 1.807) is 0 Å². The van der Waals surface area contributed by atoms with Crippen LogP contribution in [-0.2, 0) is 14.3 Å². The predicted octanol–water partition coefficient (Wildman–Crippen LogP) is 4.46. The van der Waals surface area contributed by atoms with E-state index in [1.165, 1.54) is 22.3 Å². The molecule has 0 bridgehead atoms. The average Bonchev–Trinajstić information content (AvgIpc) is 3.42. The molecule has 2 unspecified atom stereocenters. The minimum absolute atomic E-state index is 0.00933. The normalized spacial score (nSPS) is 18.7. The molecule has 7 nitrogen and oxygen atoms in total. The van der Waals surface area contributed by atoms with Gasteiger partial charge in [-0.05, 0) is 54.4 Å². The van der Waals surface area contributed by atoms with Gasteiger partial charge in [0, 0.05) is 30.8 Å². The molecule has 2 aromatic rings. The number of unbranched alkanes of at least 4 members (excludes halogenated alkanes) is 2. The zero-order valence-electron chi connectivity index (χ0n) is 19.3. The van der Waals surface area contributed by atoms with Crippen LogP contribution < -0.4 is 10.6 Å². The summed E-state index contributed by atoms with van der Waals surface area (Å²) in [7, 11) is 0. The van der Waals surface area contributed by atoms with Crippen molar-refractivity contribution in [2.24, 2.45) is 5.92 Å². The number of carbonyl (C=O) groups excluding carboxylic acids is 2. The SMILES string of the molecule is O=C(O)CCCCCNC(=O)C1CCC(NC(=O)OCC2c3ccccc3-c3ccccc32)C1. The second kappa shape index (κ2) is 11.2. The number of hydrogen-bond donors (Lipinski definition) is 3. The third-order valence-corrected chi connectivity index (χ3v) is 6.84. The molecule has 3 N–H and O–H groups in total. The van der Waals surface area contributed by atoms with E-state index in [1.807, 2.05) is 24.3 Å². The molecule has 0 heterocycles. The van der Waals surface area contributed by atoms with Gasteiger partial charge in [0.15, 0.2) is 0 Å². The summed E-state index contributed by atoms with van der Waals surface area (Å²) in [6, 6.07) is 16.4. The van der Waals surface area contributed by atoms with Gasteiger partial charge < -0.3 is 20.5 Å². The number of ether oxygens (including phenoxy) is 1. The number of nitrogens with one attached hydrogen (secondary N) is 2. The molecule has 2 amide bonds. The van der Waals surface area contributed by atoms with Crippen LogP contribution in [0.1, 0.15) is 62.0 Å². The Hall–Kier alpha value is -3.35. The van der Waals surface area contributed by atoms with E-state index in [4.69, 9.17) is 9.84 Å². The Balaban J connectivity index is 1.19. The first-order valence-corrected chi connectivity index (χ1v) is 12.1. The van der Waals surface area contributed by atoms with Gasteiger partial charge in [0.25, 0.3) is 0 Å². The van der Waals surface area contributed by atoms with E-state index < -0.39 is 12.1 Å². The maximum atomic E-state index is 12.5. The molecule has 2 aromatic carbocycles. The molecule has 2 aliphatic carbocycles. The van der Waals surface area contributed by atoms with Crippen LogP contribution >= 0.6 is 0 Å². The molecule has 0 aliphatic heterocycles. The number of rotatable bonds is 10. The largest absolute Gasteiger partial charge is 0.481 e. The Morgan fingerprint density at radius 3 is 2.26 bits per heavy atom. The minimum atomic E-state index is -0.787.